The van der Waals surface area contributed by atoms with E-state index in [4.69, 9.17) is 16.7 Å². The zero-order valence-electron chi connectivity index (χ0n) is 21.3. The second-order valence-electron chi connectivity index (χ2n) is 10.1. The first kappa shape index (κ1) is 24.8. The molecule has 2 fully saturated rings. The van der Waals surface area contributed by atoms with Gasteiger partial charge in [-0.2, -0.15) is 5.10 Å². The lowest BCUT2D eigenvalue weighted by Crippen LogP contribution is -2.48. The molecule has 1 aromatic heterocycles. The quantitative estimate of drug-likeness (QED) is 0.379. The Morgan fingerprint density at radius 3 is 2.33 bits per heavy atom. The van der Waals surface area contributed by atoms with Crippen LogP contribution in [0.25, 0.3) is 17.8 Å². The van der Waals surface area contributed by atoms with Gasteiger partial charge in [0.05, 0.1) is 22.6 Å². The number of carbonyl (C=O) groups is 1. The van der Waals surface area contributed by atoms with Crippen molar-refractivity contribution in [2.45, 2.75) is 52.0 Å². The lowest BCUT2D eigenvalue weighted by molar-refractivity contribution is 0.0588. The maximum absolute atomic E-state index is 13.6. The summed E-state index contributed by atoms with van der Waals surface area (Å²) in [5.41, 5.74) is 5.55. The molecule has 0 unspecified atom stereocenters. The molecular weight excluding hydrogens is 468 g/mol. The van der Waals surface area contributed by atoms with E-state index >= 15 is 0 Å². The average molecular weight is 503 g/mol. The SMILES string of the molecule is Cc1nn(-c2cccc(C=Cc3ccc(Cl)cc3)c2)c(C)c1C(=O)N1CCC(N2CCCCC2)CC1. The zero-order chi connectivity index (χ0) is 25.1. The Kier molecular flexibility index (Phi) is 7.59. The Bertz CT molecular complexity index is 1230. The first-order valence-electron chi connectivity index (χ1n) is 13.1. The molecule has 1 amide bonds. The summed E-state index contributed by atoms with van der Waals surface area (Å²) < 4.78 is 1.91. The van der Waals surface area contributed by atoms with Gasteiger partial charge in [0.2, 0.25) is 0 Å². The van der Waals surface area contributed by atoms with Gasteiger partial charge in [-0.15, -0.1) is 0 Å². The van der Waals surface area contributed by atoms with Gasteiger partial charge in [0, 0.05) is 24.2 Å². The largest absolute Gasteiger partial charge is 0.338 e. The van der Waals surface area contributed by atoms with E-state index < -0.39 is 0 Å². The van der Waals surface area contributed by atoms with Crippen LogP contribution in [-0.2, 0) is 0 Å². The molecule has 3 aromatic rings. The highest BCUT2D eigenvalue weighted by molar-refractivity contribution is 6.30. The van der Waals surface area contributed by atoms with Gasteiger partial charge in [0.25, 0.3) is 5.91 Å². The molecule has 188 valence electrons. The Morgan fingerprint density at radius 1 is 0.917 bits per heavy atom. The molecule has 0 aliphatic carbocycles. The minimum absolute atomic E-state index is 0.118. The third-order valence-electron chi connectivity index (χ3n) is 7.62. The van der Waals surface area contributed by atoms with Crippen LogP contribution in [0.5, 0.6) is 0 Å². The number of hydrogen-bond acceptors (Lipinski definition) is 3. The van der Waals surface area contributed by atoms with Gasteiger partial charge in [-0.25, -0.2) is 4.68 Å². The van der Waals surface area contributed by atoms with Crippen LogP contribution in [0.1, 0.15) is 65.0 Å². The molecule has 0 N–H and O–H groups in total. The molecule has 2 aliphatic heterocycles. The molecule has 5 rings (SSSR count). The molecule has 2 aromatic carbocycles. The Labute approximate surface area is 219 Å². The standard InChI is InChI=1S/C30H35ClN4O/c1-22-29(30(36)34-19-15-27(16-20-34)33-17-4-3-5-18-33)23(2)35(32-22)28-8-6-7-25(21-28)10-9-24-11-13-26(31)14-12-24/h6-14,21,27H,3-5,15-20H2,1-2H3. The molecule has 2 aliphatic rings. The van der Waals surface area contributed by atoms with Gasteiger partial charge in [0.1, 0.15) is 0 Å². The van der Waals surface area contributed by atoms with Gasteiger partial charge in [0.15, 0.2) is 0 Å². The highest BCUT2D eigenvalue weighted by Gasteiger charge is 2.30. The first-order chi connectivity index (χ1) is 17.5. The number of likely N-dealkylation sites (tertiary alicyclic amines) is 2. The van der Waals surface area contributed by atoms with Crippen LogP contribution in [0, 0.1) is 13.8 Å². The van der Waals surface area contributed by atoms with Crippen molar-refractivity contribution >= 4 is 29.7 Å². The van der Waals surface area contributed by atoms with Crippen LogP contribution in [0.15, 0.2) is 48.5 Å². The van der Waals surface area contributed by atoms with E-state index in [-0.39, 0.29) is 5.91 Å². The summed E-state index contributed by atoms with van der Waals surface area (Å²) in [7, 11) is 0. The van der Waals surface area contributed by atoms with Crippen molar-refractivity contribution < 1.29 is 4.79 Å². The van der Waals surface area contributed by atoms with Crippen LogP contribution < -0.4 is 0 Å². The monoisotopic (exact) mass is 502 g/mol. The smallest absolute Gasteiger partial charge is 0.257 e. The summed E-state index contributed by atoms with van der Waals surface area (Å²) in [5, 5.41) is 5.51. The van der Waals surface area contributed by atoms with Gasteiger partial charge in [-0.05, 0) is 88.0 Å². The third-order valence-corrected chi connectivity index (χ3v) is 7.87. The molecule has 5 nitrogen and oxygen atoms in total. The number of piperidine rings is 2. The number of aromatic nitrogens is 2. The summed E-state index contributed by atoms with van der Waals surface area (Å²) in [5.74, 6) is 0.118. The summed E-state index contributed by atoms with van der Waals surface area (Å²) in [6.45, 7) is 8.05. The molecule has 0 saturated carbocycles. The van der Waals surface area contributed by atoms with Gasteiger partial charge in [-0.3, -0.25) is 4.79 Å². The van der Waals surface area contributed by atoms with E-state index in [0.717, 1.165) is 64.7 Å². The van der Waals surface area contributed by atoms with Crippen molar-refractivity contribution in [3.63, 3.8) is 0 Å². The predicted molar refractivity (Wildman–Crippen MR) is 148 cm³/mol. The van der Waals surface area contributed by atoms with E-state index in [2.05, 4.69) is 29.2 Å². The molecule has 6 heteroatoms. The van der Waals surface area contributed by atoms with Crippen LogP contribution in [0.3, 0.4) is 0 Å². The molecule has 0 atom stereocenters. The fraction of sp³-hybridized carbons (Fsp3) is 0.400. The number of aryl methyl sites for hydroxylation is 1. The number of hydrogen-bond donors (Lipinski definition) is 0. The first-order valence-corrected chi connectivity index (χ1v) is 13.5. The highest BCUT2D eigenvalue weighted by atomic mass is 35.5. The van der Waals surface area contributed by atoms with Gasteiger partial charge >= 0.3 is 0 Å². The van der Waals surface area contributed by atoms with Crippen LogP contribution >= 0.6 is 11.6 Å². The average Bonchev–Trinajstić information content (AvgIpc) is 3.22. The Hall–Kier alpha value is -2.89. The number of benzene rings is 2. The van der Waals surface area contributed by atoms with E-state index in [1.54, 1.807) is 0 Å². The van der Waals surface area contributed by atoms with Crippen molar-refractivity contribution in [2.75, 3.05) is 26.2 Å². The van der Waals surface area contributed by atoms with Crippen molar-refractivity contribution in [3.8, 4) is 5.69 Å². The van der Waals surface area contributed by atoms with Crippen molar-refractivity contribution in [1.29, 1.82) is 0 Å². The Balaban J connectivity index is 1.30. The minimum atomic E-state index is 0.118. The predicted octanol–water partition coefficient (Wildman–Crippen LogP) is 6.40. The number of halogens is 1. The van der Waals surface area contributed by atoms with Crippen LogP contribution in [0.2, 0.25) is 5.02 Å². The molecule has 0 bridgehead atoms. The minimum Gasteiger partial charge on any atom is -0.338 e. The normalized spacial score (nSPS) is 17.7. The van der Waals surface area contributed by atoms with E-state index in [0.29, 0.717) is 6.04 Å². The molecule has 0 spiro atoms. The fourth-order valence-corrected chi connectivity index (χ4v) is 5.73. The molecule has 2 saturated heterocycles. The summed E-state index contributed by atoms with van der Waals surface area (Å²) in [6, 6.07) is 16.6. The van der Waals surface area contributed by atoms with E-state index in [1.165, 1.54) is 32.4 Å². The van der Waals surface area contributed by atoms with E-state index in [9.17, 15) is 4.79 Å². The molecule has 3 heterocycles. The molecule has 36 heavy (non-hydrogen) atoms. The maximum atomic E-state index is 13.6. The van der Waals surface area contributed by atoms with Gasteiger partial charge < -0.3 is 9.80 Å². The van der Waals surface area contributed by atoms with Gasteiger partial charge in [-0.1, -0.05) is 54.4 Å². The number of carbonyl (C=O) groups excluding carboxylic acids is 1. The topological polar surface area (TPSA) is 41.4 Å². The molecule has 0 radical (unpaired) electrons. The van der Waals surface area contributed by atoms with Crippen LogP contribution in [-0.4, -0.2) is 57.7 Å². The van der Waals surface area contributed by atoms with Crippen molar-refractivity contribution in [3.05, 3.63) is 81.6 Å². The number of rotatable bonds is 5. The van der Waals surface area contributed by atoms with Crippen molar-refractivity contribution in [1.82, 2.24) is 19.6 Å². The third kappa shape index (κ3) is 5.42. The fourth-order valence-electron chi connectivity index (χ4n) is 5.61. The highest BCUT2D eigenvalue weighted by Crippen LogP contribution is 2.25. The zero-order valence-corrected chi connectivity index (χ0v) is 22.0. The second kappa shape index (κ2) is 11.0. The summed E-state index contributed by atoms with van der Waals surface area (Å²) >= 11 is 5.99. The number of amides is 1. The molecular formula is C30H35ClN4O. The summed E-state index contributed by atoms with van der Waals surface area (Å²) in [6.07, 6.45) is 10.3. The number of nitrogens with zero attached hydrogens (tertiary/aromatic N) is 4. The second-order valence-corrected chi connectivity index (χ2v) is 10.5. The van der Waals surface area contributed by atoms with Crippen LogP contribution in [0.4, 0.5) is 0 Å². The Morgan fingerprint density at radius 2 is 1.61 bits per heavy atom. The lowest BCUT2D eigenvalue weighted by Gasteiger charge is -2.40. The maximum Gasteiger partial charge on any atom is 0.257 e. The van der Waals surface area contributed by atoms with Crippen molar-refractivity contribution in [2.24, 2.45) is 0 Å². The lowest BCUT2D eigenvalue weighted by atomic mass is 9.99. The summed E-state index contributed by atoms with van der Waals surface area (Å²) in [4.78, 5) is 18.2. The van der Waals surface area contributed by atoms with E-state index in [1.807, 2.05) is 59.8 Å².